The Labute approximate surface area is 184 Å². The number of rotatable bonds is 6. The number of ether oxygens (including phenoxy) is 2. The van der Waals surface area contributed by atoms with Crippen molar-refractivity contribution in [3.8, 4) is 11.5 Å². The Morgan fingerprint density at radius 3 is 2.94 bits per heavy atom. The molecule has 2 heterocycles. The van der Waals surface area contributed by atoms with E-state index in [2.05, 4.69) is 15.3 Å². The van der Waals surface area contributed by atoms with Gasteiger partial charge in [-0.25, -0.2) is 14.4 Å². The number of nitrogens with one attached hydrogen (secondary N) is 1. The fourth-order valence-electron chi connectivity index (χ4n) is 3.77. The Bertz CT molecular complexity index is 1130. The van der Waals surface area contributed by atoms with E-state index < -0.39 is 5.82 Å². The molecule has 2 aromatic carbocycles. The van der Waals surface area contributed by atoms with E-state index in [9.17, 15) is 9.18 Å². The zero-order valence-corrected chi connectivity index (χ0v) is 17.9. The average Bonchev–Trinajstić information content (AvgIpc) is 3.24. The topological polar surface area (TPSA) is 76.6 Å². The highest BCUT2D eigenvalue weighted by Gasteiger charge is 2.27. The van der Waals surface area contributed by atoms with E-state index in [1.165, 1.54) is 12.4 Å². The van der Waals surface area contributed by atoms with Crippen molar-refractivity contribution < 1.29 is 18.7 Å². The minimum Gasteiger partial charge on any atom is -0.493 e. The van der Waals surface area contributed by atoms with Crippen molar-refractivity contribution in [1.29, 1.82) is 0 Å². The molecule has 1 amide bonds. The van der Waals surface area contributed by atoms with Crippen LogP contribution in [0.25, 0.3) is 10.9 Å². The zero-order valence-electron chi connectivity index (χ0n) is 17.2. The van der Waals surface area contributed by atoms with E-state index in [1.54, 1.807) is 38.3 Å². The minimum atomic E-state index is -0.563. The van der Waals surface area contributed by atoms with Crippen LogP contribution in [-0.4, -0.2) is 47.1 Å². The van der Waals surface area contributed by atoms with Crippen LogP contribution in [0.3, 0.4) is 0 Å². The van der Waals surface area contributed by atoms with Crippen LogP contribution in [-0.2, 0) is 4.79 Å². The van der Waals surface area contributed by atoms with Crippen molar-refractivity contribution in [3.63, 3.8) is 0 Å². The third-order valence-electron chi connectivity index (χ3n) is 5.34. The number of carbonyl (C=O) groups is 1. The lowest BCUT2D eigenvalue weighted by atomic mass is 10.2. The highest BCUT2D eigenvalue weighted by atomic mass is 35.5. The molecule has 0 saturated carbocycles. The van der Waals surface area contributed by atoms with Crippen LogP contribution in [0.4, 0.5) is 15.9 Å². The summed E-state index contributed by atoms with van der Waals surface area (Å²) in [5.41, 5.74) is 0.809. The number of amides is 1. The van der Waals surface area contributed by atoms with Crippen LogP contribution >= 0.6 is 11.6 Å². The molecular weight excluding hydrogens is 423 g/mol. The van der Waals surface area contributed by atoms with Gasteiger partial charge in [0.05, 0.1) is 29.4 Å². The van der Waals surface area contributed by atoms with Crippen molar-refractivity contribution in [1.82, 2.24) is 14.9 Å². The standard InChI is InChI=1S/C22H22ClFN4O3/c1-13(29)28-8-4-5-14(28)11-31-20-9-15-18(10-19(20)30-2)25-12-26-22(15)27-17-7-3-6-16(23)21(17)24/h3,6-7,9-10,12,14H,4-5,8,11H2,1-2H3,(H,25,26,27)/t14-/m1/s1. The lowest BCUT2D eigenvalue weighted by Gasteiger charge is -2.24. The fourth-order valence-corrected chi connectivity index (χ4v) is 3.95. The molecule has 162 valence electrons. The van der Waals surface area contributed by atoms with Crippen molar-refractivity contribution in [2.45, 2.75) is 25.8 Å². The number of fused-ring (bicyclic) bond motifs is 1. The summed E-state index contributed by atoms with van der Waals surface area (Å²) < 4.78 is 25.9. The van der Waals surface area contributed by atoms with Crippen LogP contribution in [0.5, 0.6) is 11.5 Å². The van der Waals surface area contributed by atoms with Crippen molar-refractivity contribution in [2.75, 3.05) is 25.6 Å². The molecule has 1 fully saturated rings. The molecule has 9 heteroatoms. The van der Waals surface area contributed by atoms with Gasteiger partial charge < -0.3 is 19.7 Å². The second kappa shape index (κ2) is 8.93. The first-order valence-electron chi connectivity index (χ1n) is 9.91. The van der Waals surface area contributed by atoms with Crippen LogP contribution in [0.15, 0.2) is 36.7 Å². The Kier molecular flexibility index (Phi) is 6.08. The maximum absolute atomic E-state index is 14.4. The van der Waals surface area contributed by atoms with Crippen LogP contribution in [0, 0.1) is 5.82 Å². The van der Waals surface area contributed by atoms with Gasteiger partial charge in [-0.15, -0.1) is 0 Å². The molecule has 3 aromatic rings. The molecule has 1 saturated heterocycles. The van der Waals surface area contributed by atoms with Gasteiger partial charge in [-0.05, 0) is 31.0 Å². The third-order valence-corrected chi connectivity index (χ3v) is 5.63. The number of anilines is 2. The van der Waals surface area contributed by atoms with Gasteiger partial charge in [0.1, 0.15) is 18.8 Å². The second-order valence-electron chi connectivity index (χ2n) is 7.29. The van der Waals surface area contributed by atoms with E-state index in [-0.39, 0.29) is 22.7 Å². The number of nitrogens with zero attached hydrogens (tertiary/aromatic N) is 3. The number of carbonyl (C=O) groups excluding carboxylic acids is 1. The van der Waals surface area contributed by atoms with Gasteiger partial charge in [-0.3, -0.25) is 4.79 Å². The third kappa shape index (κ3) is 4.34. The summed E-state index contributed by atoms with van der Waals surface area (Å²) in [4.78, 5) is 22.2. The van der Waals surface area contributed by atoms with E-state index in [0.29, 0.717) is 34.8 Å². The SMILES string of the molecule is COc1cc2ncnc(Nc3cccc(Cl)c3F)c2cc1OC[C@H]1CCCN1C(C)=O. The Morgan fingerprint density at radius 2 is 2.16 bits per heavy atom. The molecule has 1 aliphatic heterocycles. The first kappa shape index (κ1) is 21.1. The normalized spacial score (nSPS) is 15.9. The minimum absolute atomic E-state index is 0.0145. The molecule has 0 radical (unpaired) electrons. The molecule has 7 nitrogen and oxygen atoms in total. The molecule has 0 aliphatic carbocycles. The highest BCUT2D eigenvalue weighted by Crippen LogP contribution is 2.36. The van der Waals surface area contributed by atoms with E-state index >= 15 is 0 Å². The summed E-state index contributed by atoms with van der Waals surface area (Å²) in [6.45, 7) is 2.66. The lowest BCUT2D eigenvalue weighted by Crippen LogP contribution is -2.37. The average molecular weight is 445 g/mol. The van der Waals surface area contributed by atoms with Gasteiger partial charge in [-0.1, -0.05) is 17.7 Å². The van der Waals surface area contributed by atoms with E-state index in [4.69, 9.17) is 21.1 Å². The number of methoxy groups -OCH3 is 1. The quantitative estimate of drug-likeness (QED) is 0.600. The van der Waals surface area contributed by atoms with Crippen LogP contribution in [0.1, 0.15) is 19.8 Å². The summed E-state index contributed by atoms with van der Waals surface area (Å²) >= 11 is 5.89. The number of benzene rings is 2. The zero-order chi connectivity index (χ0) is 22.0. The molecule has 1 N–H and O–H groups in total. The van der Waals surface area contributed by atoms with Crippen molar-refractivity contribution in [3.05, 3.63) is 47.5 Å². The highest BCUT2D eigenvalue weighted by molar-refractivity contribution is 6.31. The molecule has 1 aromatic heterocycles. The predicted molar refractivity (Wildman–Crippen MR) is 117 cm³/mol. The van der Waals surface area contributed by atoms with Crippen LogP contribution < -0.4 is 14.8 Å². The molecule has 4 rings (SSSR count). The summed E-state index contributed by atoms with van der Waals surface area (Å²) in [7, 11) is 1.55. The summed E-state index contributed by atoms with van der Waals surface area (Å²) in [6.07, 6.45) is 3.23. The molecular formula is C22H22ClFN4O3. The summed E-state index contributed by atoms with van der Waals surface area (Å²) in [5.74, 6) is 0.893. The molecule has 31 heavy (non-hydrogen) atoms. The Balaban J connectivity index is 1.65. The predicted octanol–water partition coefficient (Wildman–Crippen LogP) is 4.56. The maximum atomic E-state index is 14.4. The maximum Gasteiger partial charge on any atom is 0.219 e. The fraction of sp³-hybridized carbons (Fsp3) is 0.318. The van der Waals surface area contributed by atoms with E-state index in [0.717, 1.165) is 19.4 Å². The first-order valence-corrected chi connectivity index (χ1v) is 10.3. The second-order valence-corrected chi connectivity index (χ2v) is 7.70. The van der Waals surface area contributed by atoms with Gasteiger partial charge in [0.2, 0.25) is 5.91 Å². The molecule has 0 unspecified atom stereocenters. The summed E-state index contributed by atoms with van der Waals surface area (Å²) in [6, 6.07) is 8.21. The smallest absolute Gasteiger partial charge is 0.219 e. The molecule has 1 aliphatic rings. The monoisotopic (exact) mass is 444 g/mol. The summed E-state index contributed by atoms with van der Waals surface area (Å²) in [5, 5.41) is 3.63. The van der Waals surface area contributed by atoms with Gasteiger partial charge in [0.25, 0.3) is 0 Å². The number of halogens is 2. The number of likely N-dealkylation sites (tertiary alicyclic amines) is 1. The number of hydrogen-bond donors (Lipinski definition) is 1. The van der Waals surface area contributed by atoms with Crippen LogP contribution in [0.2, 0.25) is 5.02 Å². The lowest BCUT2D eigenvalue weighted by molar-refractivity contribution is -0.130. The Morgan fingerprint density at radius 1 is 1.32 bits per heavy atom. The Hall–Kier alpha value is -3.13. The van der Waals surface area contributed by atoms with Gasteiger partial charge in [-0.2, -0.15) is 0 Å². The number of aromatic nitrogens is 2. The largest absolute Gasteiger partial charge is 0.493 e. The van der Waals surface area contributed by atoms with Gasteiger partial charge in [0, 0.05) is 24.9 Å². The number of hydrogen-bond acceptors (Lipinski definition) is 6. The molecule has 0 bridgehead atoms. The van der Waals surface area contributed by atoms with Gasteiger partial charge in [0.15, 0.2) is 17.3 Å². The van der Waals surface area contributed by atoms with Gasteiger partial charge >= 0.3 is 0 Å². The van der Waals surface area contributed by atoms with Crippen molar-refractivity contribution >= 4 is 39.9 Å². The molecule has 1 atom stereocenters. The molecule has 0 spiro atoms. The van der Waals surface area contributed by atoms with Crippen molar-refractivity contribution in [2.24, 2.45) is 0 Å². The first-order chi connectivity index (χ1) is 15.0. The van der Waals surface area contributed by atoms with E-state index in [1.807, 2.05) is 4.90 Å².